The van der Waals surface area contributed by atoms with E-state index in [-0.39, 0.29) is 11.4 Å². The molecule has 1 rings (SSSR count). The molecule has 0 fully saturated rings. The third-order valence-electron chi connectivity index (χ3n) is 1.90. The highest BCUT2D eigenvalue weighted by atomic mass is 19.4. The fourth-order valence-corrected chi connectivity index (χ4v) is 1.03. The first-order valence-corrected chi connectivity index (χ1v) is 5.07. The van der Waals surface area contributed by atoms with Gasteiger partial charge < -0.3 is 5.43 Å². The second kappa shape index (κ2) is 5.98. The summed E-state index contributed by atoms with van der Waals surface area (Å²) >= 11 is 0. The maximum absolute atomic E-state index is 12.0. The number of allylic oxidation sites excluding steroid dienone is 2. The molecule has 0 bridgehead atoms. The van der Waals surface area contributed by atoms with Gasteiger partial charge in [-0.15, -0.1) is 0 Å². The summed E-state index contributed by atoms with van der Waals surface area (Å²) in [6.45, 7) is 1.21. The molecule has 0 saturated heterocycles. The van der Waals surface area contributed by atoms with Crippen LogP contribution in [0.25, 0.3) is 0 Å². The molecule has 0 aliphatic rings. The van der Waals surface area contributed by atoms with Crippen molar-refractivity contribution >= 4 is 11.7 Å². The van der Waals surface area contributed by atoms with Crippen molar-refractivity contribution in [2.24, 2.45) is 0 Å². The Labute approximate surface area is 106 Å². The lowest BCUT2D eigenvalue weighted by atomic mass is 10.3. The quantitative estimate of drug-likeness (QED) is 0.641. The van der Waals surface area contributed by atoms with Crippen LogP contribution in [-0.4, -0.2) is 22.9 Å². The highest BCUT2D eigenvalue weighted by molar-refractivity contribution is 5.95. The molecule has 0 aliphatic carbocycles. The summed E-state index contributed by atoms with van der Waals surface area (Å²) in [7, 11) is 0. The largest absolute Gasteiger partial charge is 0.454 e. The normalized spacial score (nSPS) is 11.9. The molecule has 0 radical (unpaired) electrons. The summed E-state index contributed by atoms with van der Waals surface area (Å²) in [4.78, 5) is 25.8. The highest BCUT2D eigenvalue weighted by Gasteiger charge is 2.36. The minimum atomic E-state index is -4.94. The molecular weight excluding hydrogens is 263 g/mol. The van der Waals surface area contributed by atoms with Crippen LogP contribution in [-0.2, 0) is 4.79 Å². The number of nitrogens with one attached hydrogen (secondary N) is 2. The Balaban J connectivity index is 2.56. The topological polar surface area (TPSA) is 71.1 Å². The second-order valence-electron chi connectivity index (χ2n) is 3.48. The molecule has 0 aliphatic heterocycles. The zero-order valence-corrected chi connectivity index (χ0v) is 9.78. The van der Waals surface area contributed by atoms with E-state index in [0.29, 0.717) is 6.08 Å². The van der Waals surface area contributed by atoms with Crippen molar-refractivity contribution in [2.45, 2.75) is 13.1 Å². The fraction of sp³-hybridized carbons (Fsp3) is 0.182. The van der Waals surface area contributed by atoms with Gasteiger partial charge in [-0.2, -0.15) is 13.2 Å². The average molecular weight is 273 g/mol. The van der Waals surface area contributed by atoms with Crippen molar-refractivity contribution in [3.05, 3.63) is 41.9 Å². The van der Waals surface area contributed by atoms with Gasteiger partial charge in [0.05, 0.1) is 0 Å². The smallest absolute Gasteiger partial charge is 0.303 e. The van der Waals surface area contributed by atoms with Crippen LogP contribution in [0.1, 0.15) is 17.4 Å². The van der Waals surface area contributed by atoms with Crippen molar-refractivity contribution in [1.29, 1.82) is 0 Å². The summed E-state index contributed by atoms with van der Waals surface area (Å²) in [5, 5.41) is 0. The second-order valence-corrected chi connectivity index (χ2v) is 3.48. The Hall–Kier alpha value is -2.38. The van der Waals surface area contributed by atoms with E-state index in [1.54, 1.807) is 12.1 Å². The third-order valence-corrected chi connectivity index (χ3v) is 1.90. The molecule has 0 atom stereocenters. The average Bonchev–Trinajstić information content (AvgIpc) is 2.35. The first-order valence-electron chi connectivity index (χ1n) is 5.07. The maximum Gasteiger partial charge on any atom is 0.454 e. The number of carbonyl (C=O) groups excluding carboxylic acids is 2. The predicted molar refractivity (Wildman–Crippen MR) is 59.7 cm³/mol. The SMILES string of the molecule is CC(=CC(=O)C(F)(F)F)NNC(=O)c1ccccn1. The summed E-state index contributed by atoms with van der Waals surface area (Å²) in [6, 6.07) is 4.62. The minimum Gasteiger partial charge on any atom is -0.303 e. The van der Waals surface area contributed by atoms with Crippen molar-refractivity contribution in [2.75, 3.05) is 0 Å². The number of hydrogen-bond acceptors (Lipinski definition) is 4. The lowest BCUT2D eigenvalue weighted by Crippen LogP contribution is -2.37. The number of pyridine rings is 1. The maximum atomic E-state index is 12.0. The first kappa shape index (κ1) is 14.7. The van der Waals surface area contributed by atoms with Gasteiger partial charge >= 0.3 is 6.18 Å². The van der Waals surface area contributed by atoms with Crippen molar-refractivity contribution in [3.8, 4) is 0 Å². The molecule has 102 valence electrons. The highest BCUT2D eigenvalue weighted by Crippen LogP contribution is 2.16. The molecule has 8 heteroatoms. The van der Waals surface area contributed by atoms with E-state index in [4.69, 9.17) is 0 Å². The zero-order valence-electron chi connectivity index (χ0n) is 9.78. The van der Waals surface area contributed by atoms with Gasteiger partial charge in [0.1, 0.15) is 5.69 Å². The van der Waals surface area contributed by atoms with Gasteiger partial charge in [-0.1, -0.05) is 6.07 Å². The van der Waals surface area contributed by atoms with Gasteiger partial charge in [0.2, 0.25) is 0 Å². The van der Waals surface area contributed by atoms with Crippen LogP contribution >= 0.6 is 0 Å². The van der Waals surface area contributed by atoms with E-state index >= 15 is 0 Å². The number of hydrazine groups is 1. The molecule has 1 aromatic heterocycles. The van der Waals surface area contributed by atoms with Gasteiger partial charge in [-0.05, 0) is 19.1 Å². The fourth-order valence-electron chi connectivity index (χ4n) is 1.03. The number of halogens is 3. The number of alkyl halides is 3. The summed E-state index contributed by atoms with van der Waals surface area (Å²) in [6.07, 6.45) is -3.20. The molecule has 1 aromatic rings. The molecular formula is C11H10F3N3O2. The molecule has 0 unspecified atom stereocenters. The number of aromatic nitrogens is 1. The van der Waals surface area contributed by atoms with E-state index in [1.165, 1.54) is 19.2 Å². The van der Waals surface area contributed by atoms with Crippen LogP contribution in [0.3, 0.4) is 0 Å². The number of amides is 1. The van der Waals surface area contributed by atoms with Gasteiger partial charge in [0.15, 0.2) is 0 Å². The summed E-state index contributed by atoms with van der Waals surface area (Å²) in [5.41, 5.74) is 4.24. The van der Waals surface area contributed by atoms with Crippen molar-refractivity contribution in [1.82, 2.24) is 15.8 Å². The molecule has 1 amide bonds. The van der Waals surface area contributed by atoms with Gasteiger partial charge in [-0.25, -0.2) is 0 Å². The lowest BCUT2D eigenvalue weighted by Gasteiger charge is -2.08. The number of hydrogen-bond donors (Lipinski definition) is 2. The van der Waals surface area contributed by atoms with Crippen LogP contribution in [0.4, 0.5) is 13.2 Å². The molecule has 0 spiro atoms. The molecule has 1 heterocycles. The van der Waals surface area contributed by atoms with Gasteiger partial charge in [-0.3, -0.25) is 20.0 Å². The van der Waals surface area contributed by atoms with E-state index < -0.39 is 17.9 Å². The molecule has 0 saturated carbocycles. The number of rotatable bonds is 4. The Morgan fingerprint density at radius 3 is 2.47 bits per heavy atom. The lowest BCUT2D eigenvalue weighted by molar-refractivity contribution is -0.165. The van der Waals surface area contributed by atoms with Crippen molar-refractivity contribution in [3.63, 3.8) is 0 Å². The Morgan fingerprint density at radius 2 is 1.95 bits per heavy atom. The number of nitrogens with zero attached hydrogens (tertiary/aromatic N) is 1. The van der Waals surface area contributed by atoms with E-state index in [2.05, 4.69) is 15.8 Å². The first-order chi connectivity index (χ1) is 8.80. The minimum absolute atomic E-state index is 0.0879. The zero-order chi connectivity index (χ0) is 14.5. The van der Waals surface area contributed by atoms with Crippen LogP contribution in [0.5, 0.6) is 0 Å². The van der Waals surface area contributed by atoms with Crippen LogP contribution in [0.15, 0.2) is 36.2 Å². The summed E-state index contributed by atoms with van der Waals surface area (Å²) < 4.78 is 35.9. The van der Waals surface area contributed by atoms with E-state index in [0.717, 1.165) is 0 Å². The monoisotopic (exact) mass is 273 g/mol. The number of carbonyl (C=O) groups is 2. The summed E-state index contributed by atoms with van der Waals surface area (Å²) in [5.74, 6) is -2.64. The van der Waals surface area contributed by atoms with Gasteiger partial charge in [0, 0.05) is 18.0 Å². The van der Waals surface area contributed by atoms with Crippen LogP contribution in [0, 0.1) is 0 Å². The van der Waals surface area contributed by atoms with E-state index in [9.17, 15) is 22.8 Å². The molecule has 5 nitrogen and oxygen atoms in total. The van der Waals surface area contributed by atoms with Crippen LogP contribution in [0.2, 0.25) is 0 Å². The number of ketones is 1. The predicted octanol–water partition coefficient (Wildman–Crippen LogP) is 1.35. The van der Waals surface area contributed by atoms with Gasteiger partial charge in [0.25, 0.3) is 11.7 Å². The molecule has 19 heavy (non-hydrogen) atoms. The third kappa shape index (κ3) is 4.78. The molecule has 0 aromatic carbocycles. The van der Waals surface area contributed by atoms with Crippen molar-refractivity contribution < 1.29 is 22.8 Å². The van der Waals surface area contributed by atoms with Crippen LogP contribution < -0.4 is 10.9 Å². The molecule has 2 N–H and O–H groups in total. The standard InChI is InChI=1S/C11H10F3N3O2/c1-7(6-9(18)11(12,13)14)16-17-10(19)8-4-2-3-5-15-8/h2-6,16H,1H3,(H,17,19). The Morgan fingerprint density at radius 1 is 1.26 bits per heavy atom. The van der Waals surface area contributed by atoms with E-state index in [1.807, 2.05) is 0 Å². The Kier molecular flexibility index (Phi) is 4.62. The Bertz CT molecular complexity index is 498.